The molecule has 0 aliphatic carbocycles. The molecular weight excluding hydrogens is 218 g/mol. The summed E-state index contributed by atoms with van der Waals surface area (Å²) in [5.74, 6) is -0.491. The van der Waals surface area contributed by atoms with Gasteiger partial charge in [-0.1, -0.05) is 18.2 Å². The molecule has 0 radical (unpaired) electrons. The molecule has 1 aromatic heterocycles. The molecule has 2 rings (SSSR count). The lowest BCUT2D eigenvalue weighted by molar-refractivity contribution is 0.0697. The number of carboxylic acid groups (broad SMARTS) is 1. The number of aromatic carboxylic acids is 1. The van der Waals surface area contributed by atoms with Crippen molar-refractivity contribution in [2.75, 3.05) is 5.32 Å². The van der Waals surface area contributed by atoms with E-state index in [0.29, 0.717) is 11.5 Å². The van der Waals surface area contributed by atoms with E-state index in [2.05, 4.69) is 10.4 Å². The van der Waals surface area contributed by atoms with Gasteiger partial charge in [0.2, 0.25) is 0 Å². The third kappa shape index (κ3) is 2.13. The molecule has 0 atom stereocenters. The Kier molecular flexibility index (Phi) is 2.82. The van der Waals surface area contributed by atoms with E-state index in [0.717, 1.165) is 5.69 Å². The van der Waals surface area contributed by atoms with E-state index in [9.17, 15) is 4.79 Å². The topological polar surface area (TPSA) is 67.2 Å². The van der Waals surface area contributed by atoms with Gasteiger partial charge in [0.1, 0.15) is 11.4 Å². The molecule has 0 aliphatic heterocycles. The van der Waals surface area contributed by atoms with E-state index in [4.69, 9.17) is 5.11 Å². The Bertz CT molecular complexity index is 546. The van der Waals surface area contributed by atoms with Crippen LogP contribution in [0, 0.1) is 6.92 Å². The van der Waals surface area contributed by atoms with Crippen molar-refractivity contribution in [3.05, 3.63) is 41.6 Å². The van der Waals surface area contributed by atoms with Crippen LogP contribution in [0.2, 0.25) is 0 Å². The number of hydrogen-bond acceptors (Lipinski definition) is 3. The number of nitrogens with one attached hydrogen (secondary N) is 1. The summed E-state index contributed by atoms with van der Waals surface area (Å²) in [7, 11) is 1.71. The molecule has 88 valence electrons. The summed E-state index contributed by atoms with van der Waals surface area (Å²) in [4.78, 5) is 11.2. The average molecular weight is 231 g/mol. The summed E-state index contributed by atoms with van der Waals surface area (Å²) in [5.41, 5.74) is 1.53. The van der Waals surface area contributed by atoms with Crippen LogP contribution in [0.3, 0.4) is 0 Å². The summed E-state index contributed by atoms with van der Waals surface area (Å²) in [6, 6.07) is 9.40. The minimum Gasteiger partial charge on any atom is -0.477 e. The Labute approximate surface area is 98.7 Å². The molecule has 2 aromatic rings. The third-order valence-electron chi connectivity index (χ3n) is 2.47. The van der Waals surface area contributed by atoms with Crippen LogP contribution >= 0.6 is 0 Å². The van der Waals surface area contributed by atoms with Crippen molar-refractivity contribution in [1.29, 1.82) is 0 Å². The summed E-state index contributed by atoms with van der Waals surface area (Å²) >= 11 is 0. The van der Waals surface area contributed by atoms with E-state index in [1.807, 2.05) is 30.3 Å². The summed E-state index contributed by atoms with van der Waals surface area (Å²) in [6.07, 6.45) is 0. The SMILES string of the molecule is Cc1nn(C)c(Nc2ccccc2)c1C(=O)O. The van der Waals surface area contributed by atoms with Crippen LogP contribution in [-0.4, -0.2) is 20.9 Å². The predicted molar refractivity (Wildman–Crippen MR) is 64.6 cm³/mol. The molecule has 0 saturated carbocycles. The zero-order valence-corrected chi connectivity index (χ0v) is 9.64. The van der Waals surface area contributed by atoms with Crippen LogP contribution < -0.4 is 5.32 Å². The van der Waals surface area contributed by atoms with E-state index in [-0.39, 0.29) is 5.56 Å². The molecule has 1 heterocycles. The average Bonchev–Trinajstić information content (AvgIpc) is 2.55. The van der Waals surface area contributed by atoms with Crippen LogP contribution in [0.1, 0.15) is 16.1 Å². The normalized spacial score (nSPS) is 10.2. The fourth-order valence-electron chi connectivity index (χ4n) is 1.72. The van der Waals surface area contributed by atoms with Crippen molar-refractivity contribution < 1.29 is 9.90 Å². The third-order valence-corrected chi connectivity index (χ3v) is 2.47. The Morgan fingerprint density at radius 3 is 2.59 bits per heavy atom. The molecule has 0 bridgehead atoms. The number of rotatable bonds is 3. The smallest absolute Gasteiger partial charge is 0.341 e. The van der Waals surface area contributed by atoms with Crippen LogP contribution in [0.15, 0.2) is 30.3 Å². The van der Waals surface area contributed by atoms with Crippen LogP contribution in [0.4, 0.5) is 11.5 Å². The predicted octanol–water partition coefficient (Wildman–Crippen LogP) is 2.17. The number of para-hydroxylation sites is 1. The van der Waals surface area contributed by atoms with Crippen LogP contribution in [0.25, 0.3) is 0 Å². The molecule has 0 fully saturated rings. The van der Waals surface area contributed by atoms with Gasteiger partial charge in [-0.2, -0.15) is 5.10 Å². The number of nitrogens with zero attached hydrogens (tertiary/aromatic N) is 2. The first-order chi connectivity index (χ1) is 8.09. The van der Waals surface area contributed by atoms with Crippen molar-refractivity contribution in [3.8, 4) is 0 Å². The van der Waals surface area contributed by atoms with Gasteiger partial charge in [0, 0.05) is 12.7 Å². The lowest BCUT2D eigenvalue weighted by Gasteiger charge is -2.07. The maximum Gasteiger partial charge on any atom is 0.341 e. The highest BCUT2D eigenvalue weighted by molar-refractivity contribution is 5.95. The second-order valence-corrected chi connectivity index (χ2v) is 3.73. The van der Waals surface area contributed by atoms with Gasteiger partial charge < -0.3 is 10.4 Å². The Morgan fingerprint density at radius 2 is 2.00 bits per heavy atom. The number of carbonyl (C=O) groups is 1. The monoisotopic (exact) mass is 231 g/mol. The number of anilines is 2. The van der Waals surface area contributed by atoms with Gasteiger partial charge in [0.05, 0.1) is 5.69 Å². The highest BCUT2D eigenvalue weighted by Crippen LogP contribution is 2.22. The zero-order chi connectivity index (χ0) is 12.4. The van der Waals surface area contributed by atoms with E-state index in [1.165, 1.54) is 4.68 Å². The molecule has 0 spiro atoms. The number of aryl methyl sites for hydroxylation is 2. The Balaban J connectivity index is 2.42. The van der Waals surface area contributed by atoms with Crippen molar-refractivity contribution in [1.82, 2.24) is 9.78 Å². The summed E-state index contributed by atoms with van der Waals surface area (Å²) in [6.45, 7) is 1.68. The highest BCUT2D eigenvalue weighted by atomic mass is 16.4. The Morgan fingerprint density at radius 1 is 1.35 bits per heavy atom. The van der Waals surface area contributed by atoms with Crippen molar-refractivity contribution in [2.24, 2.45) is 7.05 Å². The molecular formula is C12H13N3O2. The number of hydrogen-bond donors (Lipinski definition) is 2. The summed E-state index contributed by atoms with van der Waals surface area (Å²) in [5, 5.41) is 16.3. The second kappa shape index (κ2) is 4.29. The van der Waals surface area contributed by atoms with Crippen LogP contribution in [-0.2, 0) is 7.05 Å². The fourth-order valence-corrected chi connectivity index (χ4v) is 1.72. The molecule has 5 nitrogen and oxygen atoms in total. The van der Waals surface area contributed by atoms with Gasteiger partial charge in [0.15, 0.2) is 0 Å². The van der Waals surface area contributed by atoms with E-state index >= 15 is 0 Å². The minimum atomic E-state index is -0.978. The molecule has 0 amide bonds. The van der Waals surface area contributed by atoms with Gasteiger partial charge >= 0.3 is 5.97 Å². The Hall–Kier alpha value is -2.30. The number of benzene rings is 1. The molecule has 17 heavy (non-hydrogen) atoms. The molecule has 2 N–H and O–H groups in total. The van der Waals surface area contributed by atoms with Crippen molar-refractivity contribution in [2.45, 2.75) is 6.92 Å². The first-order valence-electron chi connectivity index (χ1n) is 5.18. The largest absolute Gasteiger partial charge is 0.477 e. The molecule has 0 aliphatic rings. The fraction of sp³-hybridized carbons (Fsp3) is 0.167. The molecule has 0 saturated heterocycles. The molecule has 1 aromatic carbocycles. The molecule has 0 unspecified atom stereocenters. The number of aromatic nitrogens is 2. The first-order valence-corrected chi connectivity index (χ1v) is 5.18. The lowest BCUT2D eigenvalue weighted by Crippen LogP contribution is -2.05. The van der Waals surface area contributed by atoms with Crippen molar-refractivity contribution >= 4 is 17.5 Å². The standard InChI is InChI=1S/C12H13N3O2/c1-8-10(12(16)17)11(15(2)14-8)13-9-6-4-3-5-7-9/h3-7,13H,1-2H3,(H,16,17). The van der Waals surface area contributed by atoms with E-state index in [1.54, 1.807) is 14.0 Å². The molecule has 5 heteroatoms. The minimum absolute atomic E-state index is 0.205. The van der Waals surface area contributed by atoms with Gasteiger partial charge in [-0.05, 0) is 19.1 Å². The highest BCUT2D eigenvalue weighted by Gasteiger charge is 2.19. The summed E-state index contributed by atoms with van der Waals surface area (Å²) < 4.78 is 1.53. The van der Waals surface area contributed by atoms with Gasteiger partial charge in [0.25, 0.3) is 0 Å². The van der Waals surface area contributed by atoms with Gasteiger partial charge in [-0.3, -0.25) is 4.68 Å². The lowest BCUT2D eigenvalue weighted by atomic mass is 10.2. The maximum absolute atomic E-state index is 11.2. The quantitative estimate of drug-likeness (QED) is 0.849. The van der Waals surface area contributed by atoms with E-state index < -0.39 is 5.97 Å². The van der Waals surface area contributed by atoms with Gasteiger partial charge in [-0.25, -0.2) is 4.79 Å². The van der Waals surface area contributed by atoms with Crippen molar-refractivity contribution in [3.63, 3.8) is 0 Å². The van der Waals surface area contributed by atoms with Gasteiger partial charge in [-0.15, -0.1) is 0 Å². The second-order valence-electron chi connectivity index (χ2n) is 3.73. The zero-order valence-electron chi connectivity index (χ0n) is 9.64. The number of carboxylic acids is 1. The first kappa shape index (κ1) is 11.2. The maximum atomic E-state index is 11.2. The van der Waals surface area contributed by atoms with Crippen LogP contribution in [0.5, 0.6) is 0 Å².